The largest absolute Gasteiger partial charge is 0.397 e. The average molecular weight is 295 g/mol. The number of nitrogens with zero attached hydrogens (tertiary/aromatic N) is 2. The molecule has 1 atom stereocenters. The summed E-state index contributed by atoms with van der Waals surface area (Å²) in [6.45, 7) is 0.852. The van der Waals surface area contributed by atoms with Gasteiger partial charge in [0.2, 0.25) is 5.91 Å². The first-order chi connectivity index (χ1) is 10.7. The third-order valence-electron chi connectivity index (χ3n) is 4.19. The van der Waals surface area contributed by atoms with Gasteiger partial charge in [-0.05, 0) is 37.0 Å². The number of hydrogen-bond acceptors (Lipinski definition) is 3. The van der Waals surface area contributed by atoms with Crippen LogP contribution in [0.15, 0.2) is 48.7 Å². The van der Waals surface area contributed by atoms with Gasteiger partial charge >= 0.3 is 0 Å². The minimum Gasteiger partial charge on any atom is -0.397 e. The molecule has 1 aromatic heterocycles. The molecule has 1 fully saturated rings. The van der Waals surface area contributed by atoms with Crippen LogP contribution < -0.4 is 5.73 Å². The molecule has 1 unspecified atom stereocenters. The Morgan fingerprint density at radius 1 is 1.23 bits per heavy atom. The quantitative estimate of drug-likeness (QED) is 0.942. The first-order valence-electron chi connectivity index (χ1n) is 7.76. The molecule has 1 aromatic carbocycles. The molecule has 0 bridgehead atoms. The zero-order valence-electron chi connectivity index (χ0n) is 12.6. The number of nitrogen functional groups attached to an aromatic ring is 1. The van der Waals surface area contributed by atoms with Crippen molar-refractivity contribution in [2.24, 2.45) is 0 Å². The summed E-state index contributed by atoms with van der Waals surface area (Å²) >= 11 is 0. The number of benzene rings is 1. The van der Waals surface area contributed by atoms with Gasteiger partial charge in [-0.15, -0.1) is 0 Å². The zero-order valence-corrected chi connectivity index (χ0v) is 12.6. The van der Waals surface area contributed by atoms with Crippen molar-refractivity contribution in [3.05, 3.63) is 59.9 Å². The molecule has 1 aliphatic rings. The summed E-state index contributed by atoms with van der Waals surface area (Å²) in [5, 5.41) is 0. The van der Waals surface area contributed by atoms with E-state index in [0.29, 0.717) is 18.2 Å². The predicted octanol–water partition coefficient (Wildman–Crippen LogP) is 2.44. The lowest BCUT2D eigenvalue weighted by Crippen LogP contribution is -2.37. The molecule has 0 aliphatic carbocycles. The van der Waals surface area contributed by atoms with Gasteiger partial charge < -0.3 is 10.6 Å². The Labute approximate surface area is 131 Å². The Bertz CT molecular complexity index is 625. The number of nitrogens with two attached hydrogens (primary N) is 1. The summed E-state index contributed by atoms with van der Waals surface area (Å²) in [5.74, 6) is 0.163. The fourth-order valence-corrected chi connectivity index (χ4v) is 3.06. The maximum absolute atomic E-state index is 12.6. The minimum absolute atomic E-state index is 0.163. The van der Waals surface area contributed by atoms with Crippen molar-refractivity contribution in [3.63, 3.8) is 0 Å². The summed E-state index contributed by atoms with van der Waals surface area (Å²) in [4.78, 5) is 18.8. The van der Waals surface area contributed by atoms with E-state index < -0.39 is 0 Å². The van der Waals surface area contributed by atoms with Gasteiger partial charge in [-0.25, -0.2) is 0 Å². The maximum Gasteiger partial charge on any atom is 0.228 e. The third-order valence-corrected chi connectivity index (χ3v) is 4.19. The van der Waals surface area contributed by atoms with Gasteiger partial charge in [-0.2, -0.15) is 0 Å². The standard InChI is InChI=1S/C18H21N3O/c19-15-8-9-16(20-13-15)12-18(22)21-10-4-7-17(21)11-14-5-2-1-3-6-14/h1-3,5-6,8-9,13,17H,4,7,10-12,19H2. The molecule has 1 saturated heterocycles. The highest BCUT2D eigenvalue weighted by Crippen LogP contribution is 2.22. The molecule has 2 aromatic rings. The summed E-state index contributed by atoms with van der Waals surface area (Å²) < 4.78 is 0. The number of carbonyl (C=O) groups is 1. The second kappa shape index (κ2) is 6.60. The first kappa shape index (κ1) is 14.6. The number of carbonyl (C=O) groups excluding carboxylic acids is 1. The lowest BCUT2D eigenvalue weighted by atomic mass is 10.0. The molecule has 0 spiro atoms. The minimum atomic E-state index is 0.163. The van der Waals surface area contributed by atoms with Crippen molar-refractivity contribution in [1.29, 1.82) is 0 Å². The van der Waals surface area contributed by atoms with Crippen LogP contribution in [0.3, 0.4) is 0 Å². The average Bonchev–Trinajstić information content (AvgIpc) is 2.99. The van der Waals surface area contributed by atoms with Gasteiger partial charge in [0.1, 0.15) is 0 Å². The van der Waals surface area contributed by atoms with Gasteiger partial charge in [0.05, 0.1) is 18.3 Å². The molecule has 1 amide bonds. The molecule has 2 heterocycles. The molecular formula is C18H21N3O. The van der Waals surface area contributed by atoms with Crippen molar-refractivity contribution in [2.45, 2.75) is 31.7 Å². The number of rotatable bonds is 4. The second-order valence-corrected chi connectivity index (χ2v) is 5.83. The fraction of sp³-hybridized carbons (Fsp3) is 0.333. The molecule has 0 saturated carbocycles. The smallest absolute Gasteiger partial charge is 0.228 e. The van der Waals surface area contributed by atoms with Crippen LogP contribution in [0, 0.1) is 0 Å². The van der Waals surface area contributed by atoms with E-state index in [1.807, 2.05) is 17.0 Å². The van der Waals surface area contributed by atoms with Gasteiger partial charge in [0.15, 0.2) is 0 Å². The lowest BCUT2D eigenvalue weighted by molar-refractivity contribution is -0.131. The van der Waals surface area contributed by atoms with E-state index in [2.05, 4.69) is 29.2 Å². The van der Waals surface area contributed by atoms with Crippen molar-refractivity contribution in [1.82, 2.24) is 9.88 Å². The molecule has 2 N–H and O–H groups in total. The predicted molar refractivity (Wildman–Crippen MR) is 87.2 cm³/mol. The molecule has 0 radical (unpaired) electrons. The van der Waals surface area contributed by atoms with Gasteiger partial charge in [-0.1, -0.05) is 30.3 Å². The van der Waals surface area contributed by atoms with Crippen LogP contribution in [0.25, 0.3) is 0 Å². The van der Waals surface area contributed by atoms with E-state index in [1.54, 1.807) is 12.3 Å². The maximum atomic E-state index is 12.6. The normalized spacial score (nSPS) is 17.6. The second-order valence-electron chi connectivity index (χ2n) is 5.83. The molecule has 22 heavy (non-hydrogen) atoms. The lowest BCUT2D eigenvalue weighted by Gasteiger charge is -2.25. The Morgan fingerprint density at radius 2 is 2.05 bits per heavy atom. The molecule has 4 nitrogen and oxygen atoms in total. The topological polar surface area (TPSA) is 59.2 Å². The van der Waals surface area contributed by atoms with E-state index >= 15 is 0 Å². The molecule has 4 heteroatoms. The number of pyridine rings is 1. The number of hydrogen-bond donors (Lipinski definition) is 1. The molecule has 114 valence electrons. The number of likely N-dealkylation sites (tertiary alicyclic amines) is 1. The SMILES string of the molecule is Nc1ccc(CC(=O)N2CCCC2Cc2ccccc2)nc1. The van der Waals surface area contributed by atoms with Crippen LogP contribution in [-0.2, 0) is 17.6 Å². The fourth-order valence-electron chi connectivity index (χ4n) is 3.06. The van der Waals surface area contributed by atoms with E-state index in [4.69, 9.17) is 5.73 Å². The van der Waals surface area contributed by atoms with Crippen LogP contribution in [0.2, 0.25) is 0 Å². The highest BCUT2D eigenvalue weighted by molar-refractivity contribution is 5.79. The summed E-state index contributed by atoms with van der Waals surface area (Å²) in [5.41, 5.74) is 8.33. The van der Waals surface area contributed by atoms with E-state index in [1.165, 1.54) is 5.56 Å². The highest BCUT2D eigenvalue weighted by Gasteiger charge is 2.28. The van der Waals surface area contributed by atoms with Crippen LogP contribution in [0.5, 0.6) is 0 Å². The van der Waals surface area contributed by atoms with Crippen molar-refractivity contribution in [3.8, 4) is 0 Å². The zero-order chi connectivity index (χ0) is 15.4. The van der Waals surface area contributed by atoms with Crippen LogP contribution >= 0.6 is 0 Å². The Morgan fingerprint density at radius 3 is 2.77 bits per heavy atom. The third kappa shape index (κ3) is 3.45. The van der Waals surface area contributed by atoms with E-state index in [9.17, 15) is 4.79 Å². The van der Waals surface area contributed by atoms with Crippen molar-refractivity contribution in [2.75, 3.05) is 12.3 Å². The van der Waals surface area contributed by atoms with Crippen molar-refractivity contribution >= 4 is 11.6 Å². The van der Waals surface area contributed by atoms with Crippen molar-refractivity contribution < 1.29 is 4.79 Å². The van der Waals surface area contributed by atoms with Crippen LogP contribution in [0.4, 0.5) is 5.69 Å². The molecule has 1 aliphatic heterocycles. The molecular weight excluding hydrogens is 274 g/mol. The Hall–Kier alpha value is -2.36. The number of anilines is 1. The summed E-state index contributed by atoms with van der Waals surface area (Å²) in [6, 6.07) is 14.3. The Kier molecular flexibility index (Phi) is 4.37. The monoisotopic (exact) mass is 295 g/mol. The van der Waals surface area contributed by atoms with Gasteiger partial charge in [-0.3, -0.25) is 9.78 Å². The summed E-state index contributed by atoms with van der Waals surface area (Å²) in [6.07, 6.45) is 5.05. The summed E-state index contributed by atoms with van der Waals surface area (Å²) in [7, 11) is 0. The number of amides is 1. The van der Waals surface area contributed by atoms with Crippen LogP contribution in [-0.4, -0.2) is 28.4 Å². The molecule has 3 rings (SSSR count). The van der Waals surface area contributed by atoms with Gasteiger partial charge in [0.25, 0.3) is 0 Å². The highest BCUT2D eigenvalue weighted by atomic mass is 16.2. The van der Waals surface area contributed by atoms with Crippen LogP contribution in [0.1, 0.15) is 24.1 Å². The first-order valence-corrected chi connectivity index (χ1v) is 7.76. The Balaban J connectivity index is 1.64. The van der Waals surface area contributed by atoms with E-state index in [-0.39, 0.29) is 5.91 Å². The number of aromatic nitrogens is 1. The van der Waals surface area contributed by atoms with E-state index in [0.717, 1.165) is 31.5 Å². The van der Waals surface area contributed by atoms with Gasteiger partial charge in [0, 0.05) is 18.3 Å².